The zero-order chi connectivity index (χ0) is 14.9. The highest BCUT2D eigenvalue weighted by Gasteiger charge is 2.13. The van der Waals surface area contributed by atoms with E-state index < -0.39 is 6.67 Å². The summed E-state index contributed by atoms with van der Waals surface area (Å²) in [5, 5.41) is 6.77. The molecule has 2 N–H and O–H groups in total. The number of benzene rings is 1. The molecule has 1 unspecified atom stereocenters. The molecule has 1 aromatic rings. The van der Waals surface area contributed by atoms with Gasteiger partial charge in [0.25, 0.3) is 6.47 Å². The van der Waals surface area contributed by atoms with Crippen molar-refractivity contribution in [3.63, 3.8) is 0 Å². The van der Waals surface area contributed by atoms with Crippen LogP contribution in [0.25, 0.3) is 0 Å². The molecule has 5 heteroatoms. The predicted octanol–water partition coefficient (Wildman–Crippen LogP) is 2.43. The Labute approximate surface area is 125 Å². The van der Waals surface area contributed by atoms with Crippen molar-refractivity contribution in [3.05, 3.63) is 29.3 Å². The minimum atomic E-state index is -0.494. The maximum absolute atomic E-state index is 13.1. The van der Waals surface area contributed by atoms with Crippen LogP contribution < -0.4 is 10.6 Å². The molecule has 0 spiro atoms. The van der Waals surface area contributed by atoms with E-state index in [1.807, 2.05) is 18.2 Å². The van der Waals surface area contributed by atoms with Gasteiger partial charge in [-0.2, -0.15) is 0 Å². The van der Waals surface area contributed by atoms with Crippen LogP contribution in [0.15, 0.2) is 18.2 Å². The Kier molecular flexibility index (Phi) is 6.47. The van der Waals surface area contributed by atoms with Gasteiger partial charge < -0.3 is 15.4 Å². The quantitative estimate of drug-likeness (QED) is 0.542. The van der Waals surface area contributed by atoms with Crippen LogP contribution in [-0.4, -0.2) is 32.2 Å². The summed E-state index contributed by atoms with van der Waals surface area (Å²) in [6.45, 7) is 2.22. The van der Waals surface area contributed by atoms with Crippen LogP contribution in [0.3, 0.4) is 0 Å². The molecule has 1 aromatic carbocycles. The van der Waals surface area contributed by atoms with E-state index in [0.29, 0.717) is 31.1 Å². The van der Waals surface area contributed by atoms with Crippen LogP contribution in [-0.2, 0) is 22.6 Å². The van der Waals surface area contributed by atoms with E-state index in [-0.39, 0.29) is 0 Å². The van der Waals surface area contributed by atoms with Crippen LogP contribution in [0.1, 0.15) is 30.4 Å². The fourth-order valence-corrected chi connectivity index (χ4v) is 2.69. The third-order valence-electron chi connectivity index (χ3n) is 3.86. The first-order valence-electron chi connectivity index (χ1n) is 7.53. The van der Waals surface area contributed by atoms with Gasteiger partial charge in [0.1, 0.15) is 6.67 Å². The lowest BCUT2D eigenvalue weighted by Gasteiger charge is -2.14. The van der Waals surface area contributed by atoms with E-state index in [4.69, 9.17) is 0 Å². The van der Waals surface area contributed by atoms with Crippen molar-refractivity contribution in [3.8, 4) is 0 Å². The monoisotopic (exact) mass is 294 g/mol. The third kappa shape index (κ3) is 5.01. The normalized spacial score (nSPS) is 17.7. The molecule has 116 valence electrons. The van der Waals surface area contributed by atoms with E-state index in [1.54, 1.807) is 0 Å². The van der Waals surface area contributed by atoms with Crippen LogP contribution in [0.4, 0.5) is 10.1 Å². The maximum Gasteiger partial charge on any atom is 0.293 e. The van der Waals surface area contributed by atoms with Crippen molar-refractivity contribution in [2.24, 2.45) is 0 Å². The summed E-state index contributed by atoms with van der Waals surface area (Å²) >= 11 is 0. The SMILES string of the molecule is O=COCCc1ccc(NCCC2CCCN2)c(CF)c1. The molecule has 0 aromatic heterocycles. The van der Waals surface area contributed by atoms with E-state index in [2.05, 4.69) is 15.4 Å². The molecular formula is C16H23FN2O2. The van der Waals surface area contributed by atoms with Crippen molar-refractivity contribution < 1.29 is 13.9 Å². The molecule has 1 aliphatic heterocycles. The van der Waals surface area contributed by atoms with Crippen molar-refractivity contribution in [1.82, 2.24) is 5.32 Å². The topological polar surface area (TPSA) is 50.4 Å². The molecule has 0 bridgehead atoms. The fraction of sp³-hybridized carbons (Fsp3) is 0.562. The van der Waals surface area contributed by atoms with Gasteiger partial charge in [-0.3, -0.25) is 4.79 Å². The Morgan fingerprint density at radius 2 is 2.38 bits per heavy atom. The Morgan fingerprint density at radius 3 is 3.10 bits per heavy atom. The van der Waals surface area contributed by atoms with Gasteiger partial charge in [0.05, 0.1) is 6.61 Å². The Balaban J connectivity index is 1.84. The lowest BCUT2D eigenvalue weighted by Crippen LogP contribution is -2.24. The number of rotatable bonds is 9. The molecule has 1 atom stereocenters. The van der Waals surface area contributed by atoms with Gasteiger partial charge in [0.15, 0.2) is 0 Å². The number of carbonyl (C=O) groups is 1. The fourth-order valence-electron chi connectivity index (χ4n) is 2.69. The second-order valence-corrected chi connectivity index (χ2v) is 5.35. The summed E-state index contributed by atoms with van der Waals surface area (Å²) in [4.78, 5) is 10.1. The second kappa shape index (κ2) is 8.62. The summed E-state index contributed by atoms with van der Waals surface area (Å²) < 4.78 is 17.8. The highest BCUT2D eigenvalue weighted by molar-refractivity contribution is 5.52. The molecule has 0 saturated carbocycles. The lowest BCUT2D eigenvalue weighted by molar-refractivity contribution is -0.128. The number of anilines is 1. The molecule has 2 rings (SSSR count). The summed E-state index contributed by atoms with van der Waals surface area (Å²) in [7, 11) is 0. The molecule has 1 aliphatic rings. The van der Waals surface area contributed by atoms with Crippen LogP contribution in [0.2, 0.25) is 0 Å². The van der Waals surface area contributed by atoms with Gasteiger partial charge in [-0.05, 0) is 37.4 Å². The van der Waals surface area contributed by atoms with Gasteiger partial charge >= 0.3 is 0 Å². The minimum Gasteiger partial charge on any atom is -0.468 e. The summed E-state index contributed by atoms with van der Waals surface area (Å²) in [6.07, 6.45) is 4.14. The van der Waals surface area contributed by atoms with E-state index in [0.717, 1.165) is 30.8 Å². The van der Waals surface area contributed by atoms with Gasteiger partial charge in [0.2, 0.25) is 0 Å². The average molecular weight is 294 g/mol. The van der Waals surface area contributed by atoms with Crippen LogP contribution in [0, 0.1) is 0 Å². The van der Waals surface area contributed by atoms with E-state index >= 15 is 0 Å². The molecule has 1 saturated heterocycles. The van der Waals surface area contributed by atoms with Crippen molar-refractivity contribution in [2.45, 2.75) is 38.4 Å². The van der Waals surface area contributed by atoms with E-state index in [9.17, 15) is 9.18 Å². The summed E-state index contributed by atoms with van der Waals surface area (Å²) in [5.41, 5.74) is 2.50. The highest BCUT2D eigenvalue weighted by Crippen LogP contribution is 2.20. The third-order valence-corrected chi connectivity index (χ3v) is 3.86. The van der Waals surface area contributed by atoms with Gasteiger partial charge in [-0.25, -0.2) is 4.39 Å². The summed E-state index contributed by atoms with van der Waals surface area (Å²) in [6, 6.07) is 6.28. The van der Waals surface area contributed by atoms with Crippen LogP contribution in [0.5, 0.6) is 0 Å². The smallest absolute Gasteiger partial charge is 0.293 e. The predicted molar refractivity (Wildman–Crippen MR) is 81.1 cm³/mol. The van der Waals surface area contributed by atoms with Crippen molar-refractivity contribution in [1.29, 1.82) is 0 Å². The van der Waals surface area contributed by atoms with Crippen molar-refractivity contribution >= 4 is 12.2 Å². The molecule has 0 aliphatic carbocycles. The second-order valence-electron chi connectivity index (χ2n) is 5.35. The Hall–Kier alpha value is -1.62. The number of nitrogens with one attached hydrogen (secondary N) is 2. The van der Waals surface area contributed by atoms with E-state index in [1.165, 1.54) is 12.8 Å². The minimum absolute atomic E-state index is 0.329. The molecule has 0 amide bonds. The average Bonchev–Trinajstić information content (AvgIpc) is 3.02. The van der Waals surface area contributed by atoms with Gasteiger partial charge in [0, 0.05) is 30.3 Å². The molecule has 1 fully saturated rings. The number of ether oxygens (including phenoxy) is 1. The number of alkyl halides is 1. The zero-order valence-corrected chi connectivity index (χ0v) is 12.2. The highest BCUT2D eigenvalue weighted by atomic mass is 19.1. The maximum atomic E-state index is 13.1. The Morgan fingerprint density at radius 1 is 1.48 bits per heavy atom. The largest absolute Gasteiger partial charge is 0.468 e. The molecule has 0 radical (unpaired) electrons. The van der Waals surface area contributed by atoms with Crippen LogP contribution >= 0.6 is 0 Å². The molecule has 1 heterocycles. The Bertz CT molecular complexity index is 448. The molecular weight excluding hydrogens is 271 g/mol. The lowest BCUT2D eigenvalue weighted by atomic mass is 10.1. The standard InChI is InChI=1S/C16H23FN2O2/c17-11-14-10-13(6-9-21-12-20)3-4-16(14)19-8-5-15-2-1-7-18-15/h3-4,10,12,15,18-19H,1-2,5-9,11H2. The number of hydrogen-bond acceptors (Lipinski definition) is 4. The molecule has 21 heavy (non-hydrogen) atoms. The van der Waals surface area contributed by atoms with Gasteiger partial charge in [-0.15, -0.1) is 0 Å². The number of halogens is 1. The van der Waals surface area contributed by atoms with Crippen molar-refractivity contribution in [2.75, 3.05) is 25.0 Å². The first kappa shape index (κ1) is 15.8. The first-order chi connectivity index (χ1) is 10.3. The molecule has 4 nitrogen and oxygen atoms in total. The zero-order valence-electron chi connectivity index (χ0n) is 12.2. The number of carbonyl (C=O) groups excluding carboxylic acids is 1. The number of hydrogen-bond donors (Lipinski definition) is 2. The van der Waals surface area contributed by atoms with Gasteiger partial charge in [-0.1, -0.05) is 12.1 Å². The summed E-state index contributed by atoms with van der Waals surface area (Å²) in [5.74, 6) is 0. The first-order valence-corrected chi connectivity index (χ1v) is 7.53.